The van der Waals surface area contributed by atoms with E-state index in [4.69, 9.17) is 0 Å². The van der Waals surface area contributed by atoms with E-state index in [0.29, 0.717) is 0 Å². The molecule has 148 valence electrons. The molecule has 2 heteroatoms. The predicted octanol–water partition coefficient (Wildman–Crippen LogP) is 7.25. The van der Waals surface area contributed by atoms with Gasteiger partial charge in [-0.3, -0.25) is 0 Å². The Hall–Kier alpha value is -1.80. The Bertz CT molecular complexity index is 593. The van der Waals surface area contributed by atoms with Gasteiger partial charge >= 0.3 is 0 Å². The number of anilines is 2. The van der Waals surface area contributed by atoms with Gasteiger partial charge in [-0.1, -0.05) is 82.2 Å². The largest absolute Gasteiger partial charge is 0.393 e. The average molecular weight is 368 g/mol. The first-order chi connectivity index (χ1) is 13.3. The van der Waals surface area contributed by atoms with Crippen LogP contribution in [0.25, 0.3) is 0 Å². The molecule has 0 aliphatic carbocycles. The van der Waals surface area contributed by atoms with Gasteiger partial charge < -0.3 is 10.4 Å². The maximum Gasteiger partial charge on any atom is 0.0540 e. The summed E-state index contributed by atoms with van der Waals surface area (Å²) in [6.45, 7) is 2.24. The number of benzene rings is 2. The molecule has 0 aliphatic rings. The fourth-order valence-electron chi connectivity index (χ4n) is 3.46. The SMILES string of the molecule is CCCCCCCC(O)CCCCCc1ccc(Nc2ccccc2)cc1. The van der Waals surface area contributed by atoms with Gasteiger partial charge in [0.15, 0.2) is 0 Å². The summed E-state index contributed by atoms with van der Waals surface area (Å²) in [5.74, 6) is 0. The molecule has 0 radical (unpaired) electrons. The molecular weight excluding hydrogens is 330 g/mol. The zero-order valence-electron chi connectivity index (χ0n) is 17.0. The van der Waals surface area contributed by atoms with Crippen LogP contribution in [0.3, 0.4) is 0 Å². The van der Waals surface area contributed by atoms with Gasteiger partial charge in [0.1, 0.15) is 0 Å². The highest BCUT2D eigenvalue weighted by Gasteiger charge is 2.04. The number of para-hydroxylation sites is 1. The zero-order valence-corrected chi connectivity index (χ0v) is 17.0. The number of aryl methyl sites for hydroxylation is 1. The van der Waals surface area contributed by atoms with Gasteiger partial charge in [0.25, 0.3) is 0 Å². The van der Waals surface area contributed by atoms with Crippen LogP contribution in [-0.2, 0) is 6.42 Å². The van der Waals surface area contributed by atoms with Crippen molar-refractivity contribution in [1.29, 1.82) is 0 Å². The molecule has 0 amide bonds. The summed E-state index contributed by atoms with van der Waals surface area (Å²) in [6, 6.07) is 19.0. The zero-order chi connectivity index (χ0) is 19.2. The maximum absolute atomic E-state index is 10.1. The van der Waals surface area contributed by atoms with E-state index >= 15 is 0 Å². The molecule has 0 saturated carbocycles. The monoisotopic (exact) mass is 367 g/mol. The molecule has 0 bridgehead atoms. The second-order valence-electron chi connectivity index (χ2n) is 7.64. The molecule has 1 unspecified atom stereocenters. The van der Waals surface area contributed by atoms with Gasteiger partial charge in [0, 0.05) is 11.4 Å². The normalized spacial score (nSPS) is 12.1. The molecule has 2 aromatic rings. The van der Waals surface area contributed by atoms with Crippen LogP contribution < -0.4 is 5.32 Å². The first kappa shape index (κ1) is 21.5. The van der Waals surface area contributed by atoms with Crippen molar-refractivity contribution in [3.63, 3.8) is 0 Å². The van der Waals surface area contributed by atoms with Crippen LogP contribution >= 0.6 is 0 Å². The molecule has 0 aliphatic heterocycles. The Labute approximate surface area is 166 Å². The third-order valence-electron chi connectivity index (χ3n) is 5.16. The van der Waals surface area contributed by atoms with E-state index in [1.165, 1.54) is 50.5 Å². The fourth-order valence-corrected chi connectivity index (χ4v) is 3.46. The minimum Gasteiger partial charge on any atom is -0.393 e. The van der Waals surface area contributed by atoms with E-state index in [0.717, 1.165) is 37.1 Å². The van der Waals surface area contributed by atoms with E-state index in [1.807, 2.05) is 18.2 Å². The molecule has 0 aromatic heterocycles. The molecule has 2 N–H and O–H groups in total. The summed E-state index contributed by atoms with van der Waals surface area (Å²) >= 11 is 0. The van der Waals surface area contributed by atoms with Crippen molar-refractivity contribution in [3.8, 4) is 0 Å². The standard InChI is InChI=1S/C25H37NO/c1-2-3-4-5-11-16-25(27)17-12-6-8-13-22-18-20-24(21-19-22)26-23-14-9-7-10-15-23/h7,9-10,14-15,18-21,25-27H,2-6,8,11-13,16-17H2,1H3. The van der Waals surface area contributed by atoms with Crippen molar-refractivity contribution in [3.05, 3.63) is 60.2 Å². The lowest BCUT2D eigenvalue weighted by Crippen LogP contribution is -2.06. The van der Waals surface area contributed by atoms with Crippen molar-refractivity contribution in [1.82, 2.24) is 0 Å². The van der Waals surface area contributed by atoms with Crippen LogP contribution in [0.5, 0.6) is 0 Å². The molecule has 0 heterocycles. The van der Waals surface area contributed by atoms with Crippen molar-refractivity contribution in [2.45, 2.75) is 83.7 Å². The summed E-state index contributed by atoms with van der Waals surface area (Å²) in [6.07, 6.45) is 12.9. The number of aliphatic hydroxyl groups is 1. The maximum atomic E-state index is 10.1. The number of nitrogens with one attached hydrogen (secondary N) is 1. The number of rotatable bonds is 14. The Morgan fingerprint density at radius 3 is 1.96 bits per heavy atom. The van der Waals surface area contributed by atoms with Gasteiger partial charge in [-0.15, -0.1) is 0 Å². The van der Waals surface area contributed by atoms with Crippen LogP contribution in [0, 0.1) is 0 Å². The molecule has 2 aromatic carbocycles. The van der Waals surface area contributed by atoms with Gasteiger partial charge in [-0.2, -0.15) is 0 Å². The summed E-state index contributed by atoms with van der Waals surface area (Å²) in [5.41, 5.74) is 3.64. The van der Waals surface area contributed by atoms with Crippen molar-refractivity contribution < 1.29 is 5.11 Å². The summed E-state index contributed by atoms with van der Waals surface area (Å²) in [5, 5.41) is 13.5. The lowest BCUT2D eigenvalue weighted by atomic mass is 10.0. The molecule has 1 atom stereocenters. The molecule has 27 heavy (non-hydrogen) atoms. The lowest BCUT2D eigenvalue weighted by Gasteiger charge is -2.10. The van der Waals surface area contributed by atoms with Gasteiger partial charge in [0.05, 0.1) is 6.10 Å². The van der Waals surface area contributed by atoms with Gasteiger partial charge in [0.2, 0.25) is 0 Å². The first-order valence-electron chi connectivity index (χ1n) is 10.9. The minimum atomic E-state index is -0.0880. The molecule has 2 nitrogen and oxygen atoms in total. The Kier molecular flexibility index (Phi) is 10.7. The van der Waals surface area contributed by atoms with E-state index in [1.54, 1.807) is 0 Å². The quantitative estimate of drug-likeness (QED) is 0.344. The molecular formula is C25H37NO. The number of unbranched alkanes of at least 4 members (excludes halogenated alkanes) is 6. The topological polar surface area (TPSA) is 32.3 Å². The van der Waals surface area contributed by atoms with Crippen molar-refractivity contribution >= 4 is 11.4 Å². The lowest BCUT2D eigenvalue weighted by molar-refractivity contribution is 0.147. The second kappa shape index (κ2) is 13.4. The van der Waals surface area contributed by atoms with Crippen LogP contribution in [0.4, 0.5) is 11.4 Å². The highest BCUT2D eigenvalue weighted by molar-refractivity contribution is 5.59. The molecule has 0 fully saturated rings. The number of hydrogen-bond donors (Lipinski definition) is 2. The Balaban J connectivity index is 1.54. The molecule has 2 rings (SSSR count). The Morgan fingerprint density at radius 2 is 1.30 bits per heavy atom. The number of hydrogen-bond acceptors (Lipinski definition) is 2. The first-order valence-corrected chi connectivity index (χ1v) is 10.9. The third kappa shape index (κ3) is 9.63. The van der Waals surface area contributed by atoms with E-state index in [2.05, 4.69) is 48.6 Å². The van der Waals surface area contributed by atoms with Crippen LogP contribution in [-0.4, -0.2) is 11.2 Å². The Morgan fingerprint density at radius 1 is 0.704 bits per heavy atom. The minimum absolute atomic E-state index is 0.0880. The van der Waals surface area contributed by atoms with Crippen molar-refractivity contribution in [2.75, 3.05) is 5.32 Å². The van der Waals surface area contributed by atoms with E-state index in [9.17, 15) is 5.11 Å². The van der Waals surface area contributed by atoms with Gasteiger partial charge in [-0.05, 0) is 55.5 Å². The van der Waals surface area contributed by atoms with Gasteiger partial charge in [-0.25, -0.2) is 0 Å². The van der Waals surface area contributed by atoms with Crippen LogP contribution in [0.2, 0.25) is 0 Å². The highest BCUT2D eigenvalue weighted by Crippen LogP contribution is 2.18. The summed E-state index contributed by atoms with van der Waals surface area (Å²) in [7, 11) is 0. The highest BCUT2D eigenvalue weighted by atomic mass is 16.3. The van der Waals surface area contributed by atoms with E-state index < -0.39 is 0 Å². The van der Waals surface area contributed by atoms with Crippen LogP contribution in [0.15, 0.2) is 54.6 Å². The molecule has 0 spiro atoms. The molecule has 0 saturated heterocycles. The smallest absolute Gasteiger partial charge is 0.0540 e. The van der Waals surface area contributed by atoms with E-state index in [-0.39, 0.29) is 6.10 Å². The summed E-state index contributed by atoms with van der Waals surface area (Å²) in [4.78, 5) is 0. The fraction of sp³-hybridized carbons (Fsp3) is 0.520. The second-order valence-corrected chi connectivity index (χ2v) is 7.64. The summed E-state index contributed by atoms with van der Waals surface area (Å²) < 4.78 is 0. The predicted molar refractivity (Wildman–Crippen MR) is 118 cm³/mol. The van der Waals surface area contributed by atoms with Crippen LogP contribution in [0.1, 0.15) is 76.7 Å². The van der Waals surface area contributed by atoms with Crippen molar-refractivity contribution in [2.24, 2.45) is 0 Å². The third-order valence-corrected chi connectivity index (χ3v) is 5.16. The average Bonchev–Trinajstić information content (AvgIpc) is 2.69. The number of aliphatic hydroxyl groups excluding tert-OH is 1.